The molecule has 1 aliphatic heterocycles. The smallest absolute Gasteiger partial charge is 0.230 e. The third kappa shape index (κ3) is 3.16. The largest absolute Gasteiger partial charge is 0.486 e. The zero-order valence-corrected chi connectivity index (χ0v) is 15.1. The van der Waals surface area contributed by atoms with E-state index in [0.29, 0.717) is 19.8 Å². The number of carbonyl (C=O) groups is 1. The Labute approximate surface area is 153 Å². The zero-order chi connectivity index (χ0) is 18.0. The van der Waals surface area contributed by atoms with Gasteiger partial charge >= 0.3 is 0 Å². The van der Waals surface area contributed by atoms with Crippen molar-refractivity contribution in [3.63, 3.8) is 0 Å². The Kier molecular flexibility index (Phi) is 4.57. The number of carbonyl (C=O) groups excluding carboxylic acids is 1. The molecule has 26 heavy (non-hydrogen) atoms. The highest BCUT2D eigenvalue weighted by atomic mass is 16.6. The summed E-state index contributed by atoms with van der Waals surface area (Å²) in [6.45, 7) is 3.87. The number of amides is 1. The van der Waals surface area contributed by atoms with Crippen molar-refractivity contribution in [2.24, 2.45) is 0 Å². The number of hydrogen-bond donors (Lipinski definition) is 1. The van der Waals surface area contributed by atoms with Crippen molar-refractivity contribution in [2.75, 3.05) is 13.2 Å². The normalized spacial score (nSPS) is 19.1. The lowest BCUT2D eigenvalue weighted by atomic mass is 9.77. The minimum Gasteiger partial charge on any atom is -0.486 e. The Morgan fingerprint density at radius 3 is 2.77 bits per heavy atom. The fraction of sp³-hybridized carbons (Fsp3) is 0.500. The molecular weight excluding hydrogens is 330 g/mol. The Bertz CT molecular complexity index is 767. The molecule has 6 nitrogen and oxygen atoms in total. The highest BCUT2D eigenvalue weighted by Gasteiger charge is 2.43. The maximum Gasteiger partial charge on any atom is 0.230 e. The second kappa shape index (κ2) is 7.02. The van der Waals surface area contributed by atoms with E-state index in [4.69, 9.17) is 9.47 Å². The first-order valence-corrected chi connectivity index (χ1v) is 9.34. The molecule has 6 heteroatoms. The minimum absolute atomic E-state index is 0.0337. The van der Waals surface area contributed by atoms with E-state index in [-0.39, 0.29) is 11.9 Å². The number of fused-ring (bicyclic) bond motifs is 1. The maximum absolute atomic E-state index is 13.3. The van der Waals surface area contributed by atoms with Crippen LogP contribution in [0.5, 0.6) is 11.5 Å². The number of aromatic nitrogens is 2. The first kappa shape index (κ1) is 16.9. The van der Waals surface area contributed by atoms with E-state index in [9.17, 15) is 4.79 Å². The number of hydrogen-bond acceptors (Lipinski definition) is 4. The lowest BCUT2D eigenvalue weighted by Crippen LogP contribution is -2.47. The van der Waals surface area contributed by atoms with E-state index < -0.39 is 5.41 Å². The van der Waals surface area contributed by atoms with Gasteiger partial charge in [-0.15, -0.1) is 0 Å². The molecular formula is C20H25N3O3. The quantitative estimate of drug-likeness (QED) is 0.896. The lowest BCUT2D eigenvalue weighted by molar-refractivity contribution is -0.127. The van der Waals surface area contributed by atoms with E-state index >= 15 is 0 Å². The Morgan fingerprint density at radius 1 is 1.27 bits per heavy atom. The Hall–Kier alpha value is -2.50. The molecule has 1 fully saturated rings. The zero-order valence-electron chi connectivity index (χ0n) is 15.1. The van der Waals surface area contributed by atoms with Crippen molar-refractivity contribution in [2.45, 2.75) is 50.6 Å². The maximum atomic E-state index is 13.3. The van der Waals surface area contributed by atoms with Crippen LogP contribution in [0, 0.1) is 0 Å². The van der Waals surface area contributed by atoms with E-state index in [1.165, 1.54) is 0 Å². The van der Waals surface area contributed by atoms with E-state index in [1.54, 1.807) is 12.5 Å². The van der Waals surface area contributed by atoms with Crippen molar-refractivity contribution in [1.82, 2.24) is 14.9 Å². The number of imidazole rings is 1. The molecule has 0 bridgehead atoms. The van der Waals surface area contributed by atoms with E-state index in [1.807, 2.05) is 35.9 Å². The molecule has 0 radical (unpaired) electrons. The number of nitrogens with one attached hydrogen (secondary N) is 1. The molecule has 2 aromatic rings. The van der Waals surface area contributed by atoms with Crippen LogP contribution in [0.3, 0.4) is 0 Å². The summed E-state index contributed by atoms with van der Waals surface area (Å²) in [7, 11) is 0. The Morgan fingerprint density at radius 2 is 2.04 bits per heavy atom. The molecule has 2 aliphatic rings. The summed E-state index contributed by atoms with van der Waals surface area (Å²) in [6, 6.07) is 6.00. The van der Waals surface area contributed by atoms with Crippen LogP contribution in [-0.4, -0.2) is 34.7 Å². The third-order valence-electron chi connectivity index (χ3n) is 5.41. The molecule has 0 saturated heterocycles. The van der Waals surface area contributed by atoms with Crippen LogP contribution in [0.1, 0.15) is 38.2 Å². The molecule has 1 aliphatic carbocycles. The molecule has 2 heterocycles. The van der Waals surface area contributed by atoms with Gasteiger partial charge in [-0.05, 0) is 37.5 Å². The molecule has 0 spiro atoms. The van der Waals surface area contributed by atoms with Gasteiger partial charge in [-0.25, -0.2) is 4.98 Å². The molecule has 138 valence electrons. The fourth-order valence-corrected chi connectivity index (χ4v) is 4.08. The molecule has 4 rings (SSSR count). The van der Waals surface area contributed by atoms with E-state index in [2.05, 4.69) is 10.3 Å². The fourth-order valence-electron chi connectivity index (χ4n) is 4.08. The first-order chi connectivity index (χ1) is 12.7. The predicted molar refractivity (Wildman–Crippen MR) is 97.4 cm³/mol. The van der Waals surface area contributed by atoms with Crippen LogP contribution in [0.25, 0.3) is 0 Å². The van der Waals surface area contributed by atoms with Crippen molar-refractivity contribution in [3.05, 3.63) is 42.5 Å². The van der Waals surface area contributed by atoms with E-state index in [0.717, 1.165) is 42.7 Å². The lowest BCUT2D eigenvalue weighted by Gasteiger charge is -2.31. The summed E-state index contributed by atoms with van der Waals surface area (Å²) in [4.78, 5) is 17.3. The summed E-state index contributed by atoms with van der Waals surface area (Å²) >= 11 is 0. The summed E-state index contributed by atoms with van der Waals surface area (Å²) in [5.74, 6) is 1.63. The molecule has 0 unspecified atom stereocenters. The summed E-state index contributed by atoms with van der Waals surface area (Å²) in [5.41, 5.74) is 0.561. The van der Waals surface area contributed by atoms with Crippen LogP contribution in [0.4, 0.5) is 0 Å². The van der Waals surface area contributed by atoms with Crippen LogP contribution in [0.2, 0.25) is 0 Å². The van der Waals surface area contributed by atoms with Gasteiger partial charge in [0.05, 0.1) is 11.7 Å². The van der Waals surface area contributed by atoms with Gasteiger partial charge in [0.25, 0.3) is 0 Å². The molecule has 1 N–H and O–H groups in total. The number of benzene rings is 1. The average Bonchev–Trinajstić information content (AvgIpc) is 3.33. The van der Waals surface area contributed by atoms with Gasteiger partial charge in [0, 0.05) is 25.0 Å². The standard InChI is InChI=1S/C20H25N3O3/c1-15(13-23-9-8-21-14-23)22-19(24)20(6-2-3-7-20)16-4-5-17-18(12-16)26-11-10-25-17/h4-5,8-9,12,14-15H,2-3,6-7,10-11,13H2,1H3,(H,22,24)/t15-/m1/s1. The monoisotopic (exact) mass is 355 g/mol. The molecule has 1 saturated carbocycles. The molecule has 1 atom stereocenters. The van der Waals surface area contributed by atoms with Gasteiger partial charge in [-0.2, -0.15) is 0 Å². The van der Waals surface area contributed by atoms with Crippen LogP contribution in [0.15, 0.2) is 36.9 Å². The van der Waals surface area contributed by atoms with Gasteiger partial charge in [0.1, 0.15) is 13.2 Å². The van der Waals surface area contributed by atoms with Crippen LogP contribution < -0.4 is 14.8 Å². The van der Waals surface area contributed by atoms with Crippen LogP contribution >= 0.6 is 0 Å². The third-order valence-corrected chi connectivity index (χ3v) is 5.41. The van der Waals surface area contributed by atoms with Crippen molar-refractivity contribution in [3.8, 4) is 11.5 Å². The molecule has 1 amide bonds. The van der Waals surface area contributed by atoms with Crippen LogP contribution in [-0.2, 0) is 16.8 Å². The number of rotatable bonds is 5. The van der Waals surface area contributed by atoms with Gasteiger partial charge in [0.2, 0.25) is 5.91 Å². The topological polar surface area (TPSA) is 65.4 Å². The number of nitrogens with zero attached hydrogens (tertiary/aromatic N) is 2. The van der Waals surface area contributed by atoms with Gasteiger partial charge in [-0.3, -0.25) is 4.79 Å². The summed E-state index contributed by atoms with van der Waals surface area (Å²) in [6.07, 6.45) is 9.31. The van der Waals surface area contributed by atoms with Crippen molar-refractivity contribution < 1.29 is 14.3 Å². The summed E-state index contributed by atoms with van der Waals surface area (Å²) < 4.78 is 13.3. The second-order valence-electron chi connectivity index (χ2n) is 7.28. The molecule has 1 aromatic carbocycles. The predicted octanol–water partition coefficient (Wildman–Crippen LogP) is 2.67. The second-order valence-corrected chi connectivity index (χ2v) is 7.28. The highest BCUT2D eigenvalue weighted by molar-refractivity contribution is 5.89. The first-order valence-electron chi connectivity index (χ1n) is 9.34. The molecule has 1 aromatic heterocycles. The number of ether oxygens (including phenoxy) is 2. The minimum atomic E-state index is -0.473. The highest BCUT2D eigenvalue weighted by Crippen LogP contribution is 2.44. The average molecular weight is 355 g/mol. The Balaban J connectivity index is 1.55. The van der Waals surface area contributed by atoms with Gasteiger partial charge < -0.3 is 19.4 Å². The van der Waals surface area contributed by atoms with Crippen molar-refractivity contribution in [1.29, 1.82) is 0 Å². The summed E-state index contributed by atoms with van der Waals surface area (Å²) in [5, 5.41) is 3.22. The van der Waals surface area contributed by atoms with Gasteiger partial charge in [0.15, 0.2) is 11.5 Å². The van der Waals surface area contributed by atoms with Gasteiger partial charge in [-0.1, -0.05) is 18.9 Å². The van der Waals surface area contributed by atoms with Crippen molar-refractivity contribution >= 4 is 5.91 Å². The SMILES string of the molecule is C[C@H](Cn1ccnc1)NC(=O)C1(c2ccc3c(c2)OCCO3)CCCC1.